The van der Waals surface area contributed by atoms with Gasteiger partial charge in [-0.25, -0.2) is 0 Å². The molecule has 0 N–H and O–H groups in total. The maximum Gasteiger partial charge on any atom is 0.117 e. The summed E-state index contributed by atoms with van der Waals surface area (Å²) in [7, 11) is 0. The Morgan fingerprint density at radius 3 is 1.13 bits per heavy atom. The van der Waals surface area contributed by atoms with Gasteiger partial charge in [-0.2, -0.15) is 0 Å². The van der Waals surface area contributed by atoms with Crippen molar-refractivity contribution in [1.82, 2.24) is 0 Å². The third-order valence-corrected chi connectivity index (χ3v) is 9.47. The smallest absolute Gasteiger partial charge is 0.117 e. The maximum atomic E-state index is 6.05. The van der Waals surface area contributed by atoms with Crippen LogP contribution in [0.2, 0.25) is 0 Å². The van der Waals surface area contributed by atoms with Crippen LogP contribution in [0.25, 0.3) is 0 Å². The summed E-state index contributed by atoms with van der Waals surface area (Å²) in [6, 6.07) is 16.7. The lowest BCUT2D eigenvalue weighted by atomic mass is 9.70. The van der Waals surface area contributed by atoms with E-state index in [4.69, 9.17) is 17.7 Å². The van der Waals surface area contributed by atoms with Crippen molar-refractivity contribution < 1.29 is 17.7 Å². The third-order valence-electron chi connectivity index (χ3n) is 8.37. The van der Waals surface area contributed by atoms with Crippen molar-refractivity contribution in [2.75, 3.05) is 0 Å². The zero-order valence-electron chi connectivity index (χ0n) is 22.5. The molecule has 6 rings (SSSR count). The van der Waals surface area contributed by atoms with Crippen LogP contribution >= 0.6 is 31.9 Å². The van der Waals surface area contributed by atoms with Crippen molar-refractivity contribution in [1.29, 1.82) is 0 Å². The monoisotopic (exact) mass is 644 g/mol. The molecule has 204 valence electrons. The minimum atomic E-state index is -0.0703. The molecule has 0 spiro atoms. The molecule has 2 fully saturated rings. The Hall–Kier alpha value is -1.92. The number of alkyl halides is 2. The summed E-state index contributed by atoms with van der Waals surface area (Å²) in [6.07, 6.45) is 12.1. The Kier molecular flexibility index (Phi) is 8.79. The normalized spacial score (nSPS) is 18.6. The molecular formula is C32H38Br2O4. The van der Waals surface area contributed by atoms with Gasteiger partial charge in [0.15, 0.2) is 0 Å². The van der Waals surface area contributed by atoms with Crippen molar-refractivity contribution in [3.8, 4) is 0 Å². The molecular weight excluding hydrogens is 608 g/mol. The van der Waals surface area contributed by atoms with Crippen LogP contribution < -0.4 is 0 Å². The van der Waals surface area contributed by atoms with Gasteiger partial charge in [0.1, 0.15) is 46.1 Å². The van der Waals surface area contributed by atoms with Gasteiger partial charge >= 0.3 is 0 Å². The second-order valence-electron chi connectivity index (χ2n) is 10.9. The summed E-state index contributed by atoms with van der Waals surface area (Å²) in [4.78, 5) is 0. The molecule has 0 saturated heterocycles. The van der Waals surface area contributed by atoms with Crippen LogP contribution in [0.1, 0.15) is 110 Å². The van der Waals surface area contributed by atoms with Crippen LogP contribution in [-0.2, 0) is 21.5 Å². The van der Waals surface area contributed by atoms with Crippen molar-refractivity contribution in [2.45, 2.75) is 99.5 Å². The highest BCUT2D eigenvalue weighted by molar-refractivity contribution is 9.08. The largest absolute Gasteiger partial charge is 0.465 e. The summed E-state index contributed by atoms with van der Waals surface area (Å²) in [6.45, 7) is 4.01. The van der Waals surface area contributed by atoms with Crippen LogP contribution in [0.3, 0.4) is 0 Å². The van der Waals surface area contributed by atoms with E-state index in [9.17, 15) is 0 Å². The van der Waals surface area contributed by atoms with Gasteiger partial charge in [0.25, 0.3) is 0 Å². The fraction of sp³-hybridized carbons (Fsp3) is 0.500. The van der Waals surface area contributed by atoms with E-state index in [1.807, 2.05) is 13.8 Å². The molecule has 38 heavy (non-hydrogen) atoms. The minimum absolute atomic E-state index is 0.0270. The average Bonchev–Trinajstić information content (AvgIpc) is 3.77. The molecule has 4 aromatic heterocycles. The number of hydrogen-bond donors (Lipinski definition) is 0. The highest BCUT2D eigenvalue weighted by Gasteiger charge is 2.42. The molecule has 4 aromatic rings. The zero-order valence-corrected chi connectivity index (χ0v) is 25.7. The first-order valence-electron chi connectivity index (χ1n) is 13.9. The van der Waals surface area contributed by atoms with Gasteiger partial charge in [-0.3, -0.25) is 0 Å². The molecule has 0 atom stereocenters. The maximum absolute atomic E-state index is 6.05. The molecule has 0 aromatic carbocycles. The molecule has 0 aliphatic heterocycles. The molecule has 6 heteroatoms. The predicted molar refractivity (Wildman–Crippen MR) is 157 cm³/mol. The molecule has 2 saturated carbocycles. The van der Waals surface area contributed by atoms with Crippen LogP contribution in [0, 0.1) is 13.8 Å². The molecule has 2 aliphatic carbocycles. The van der Waals surface area contributed by atoms with Crippen molar-refractivity contribution in [3.63, 3.8) is 0 Å². The van der Waals surface area contributed by atoms with E-state index in [1.165, 1.54) is 38.5 Å². The topological polar surface area (TPSA) is 52.6 Å². The van der Waals surface area contributed by atoms with Gasteiger partial charge in [0.2, 0.25) is 0 Å². The summed E-state index contributed by atoms with van der Waals surface area (Å²) in [5.41, 5.74) is -0.0974. The second kappa shape index (κ2) is 12.1. The second-order valence-corrected chi connectivity index (χ2v) is 12.0. The molecule has 2 aliphatic rings. The Morgan fingerprint density at radius 2 is 0.842 bits per heavy atom. The fourth-order valence-electron chi connectivity index (χ4n) is 6.34. The average molecular weight is 646 g/mol. The number of aryl methyl sites for hydroxylation is 2. The van der Waals surface area contributed by atoms with Gasteiger partial charge in [0, 0.05) is 0 Å². The van der Waals surface area contributed by atoms with Gasteiger partial charge in [-0.05, 0) is 88.1 Å². The molecule has 0 bridgehead atoms. The Labute approximate surface area is 242 Å². The molecule has 4 nitrogen and oxygen atoms in total. The van der Waals surface area contributed by atoms with E-state index in [0.717, 1.165) is 82.4 Å². The van der Waals surface area contributed by atoms with Gasteiger partial charge in [-0.1, -0.05) is 70.4 Å². The minimum Gasteiger partial charge on any atom is -0.465 e. The lowest BCUT2D eigenvalue weighted by molar-refractivity contribution is 0.243. The number of hydrogen-bond acceptors (Lipinski definition) is 4. The van der Waals surface area contributed by atoms with Crippen LogP contribution in [0.5, 0.6) is 0 Å². The first-order chi connectivity index (χ1) is 18.5. The highest BCUT2D eigenvalue weighted by Crippen LogP contribution is 2.47. The number of rotatable bonds is 6. The van der Waals surface area contributed by atoms with Crippen LogP contribution in [0.4, 0.5) is 0 Å². The molecule has 0 radical (unpaired) electrons. The quantitative estimate of drug-likeness (QED) is 0.196. The number of halogens is 2. The van der Waals surface area contributed by atoms with E-state index in [-0.39, 0.29) is 10.8 Å². The summed E-state index contributed by atoms with van der Waals surface area (Å²) in [5, 5.41) is 1.52. The first kappa shape index (κ1) is 27.6. The number of furan rings is 4. The van der Waals surface area contributed by atoms with Gasteiger partial charge in [0.05, 0.1) is 21.5 Å². The van der Waals surface area contributed by atoms with E-state index < -0.39 is 0 Å². The lowest BCUT2D eigenvalue weighted by Crippen LogP contribution is -2.29. The zero-order chi connectivity index (χ0) is 26.6. The van der Waals surface area contributed by atoms with Gasteiger partial charge in [-0.15, -0.1) is 0 Å². The SMILES string of the molecule is BrCc1ccc(C2(c3ccc(CBr)o3)CCCCC2)o1.Cc1ccc(C2(c3ccc(C)o3)CCCCC2)o1. The molecule has 0 amide bonds. The summed E-state index contributed by atoms with van der Waals surface area (Å²) in [5.74, 6) is 8.21. The van der Waals surface area contributed by atoms with E-state index in [2.05, 4.69) is 80.4 Å². The Balaban J connectivity index is 0.000000156. The van der Waals surface area contributed by atoms with E-state index in [1.54, 1.807) is 0 Å². The van der Waals surface area contributed by atoms with Crippen molar-refractivity contribution in [3.05, 3.63) is 94.6 Å². The van der Waals surface area contributed by atoms with Crippen molar-refractivity contribution >= 4 is 31.9 Å². The van der Waals surface area contributed by atoms with Gasteiger partial charge < -0.3 is 17.7 Å². The van der Waals surface area contributed by atoms with Crippen LogP contribution in [-0.4, -0.2) is 0 Å². The summed E-state index contributed by atoms with van der Waals surface area (Å²) < 4.78 is 24.0. The Morgan fingerprint density at radius 1 is 0.500 bits per heavy atom. The van der Waals surface area contributed by atoms with Crippen molar-refractivity contribution in [2.24, 2.45) is 0 Å². The highest BCUT2D eigenvalue weighted by atomic mass is 79.9. The Bertz CT molecular complexity index is 1210. The first-order valence-corrected chi connectivity index (χ1v) is 16.2. The van der Waals surface area contributed by atoms with Crippen LogP contribution in [0.15, 0.2) is 66.2 Å². The van der Waals surface area contributed by atoms with E-state index >= 15 is 0 Å². The third kappa shape index (κ3) is 5.54. The standard InChI is InChI=1S/C16H18Br2O2.C16H20O2/c17-10-12-4-6-14(19-12)16(8-2-1-3-9-16)15-7-5-13(11-18)20-15;1-12-6-8-14(17-12)16(10-4-3-5-11-16)15-9-7-13(2)18-15/h4-7H,1-3,8-11H2;6-9H,3-5,10-11H2,1-2H3. The summed E-state index contributed by atoms with van der Waals surface area (Å²) >= 11 is 6.92. The molecule has 4 heterocycles. The predicted octanol–water partition coefficient (Wildman–Crippen LogP) is 10.7. The fourth-order valence-corrected chi connectivity index (χ4v) is 6.94. The lowest BCUT2D eigenvalue weighted by Gasteiger charge is -2.33. The molecule has 0 unspecified atom stereocenters. The van der Waals surface area contributed by atoms with E-state index in [0.29, 0.717) is 0 Å².